The summed E-state index contributed by atoms with van der Waals surface area (Å²) < 4.78 is 4.96. The van der Waals surface area contributed by atoms with E-state index in [1.54, 1.807) is 19.4 Å². The normalized spacial score (nSPS) is 10.0. The highest BCUT2D eigenvalue weighted by Gasteiger charge is 2.01. The van der Waals surface area contributed by atoms with Crippen molar-refractivity contribution in [1.82, 2.24) is 10.3 Å². The number of ether oxygens (including phenoxy) is 1. The third kappa shape index (κ3) is 5.68. The summed E-state index contributed by atoms with van der Waals surface area (Å²) in [5.74, 6) is 0.666. The number of pyridine rings is 1. The Hall–Kier alpha value is -1.10. The molecule has 0 unspecified atom stereocenters. The molecule has 0 saturated carbocycles. The van der Waals surface area contributed by atoms with E-state index in [0.29, 0.717) is 18.8 Å². The van der Waals surface area contributed by atoms with Gasteiger partial charge in [-0.25, -0.2) is 4.98 Å². The zero-order chi connectivity index (χ0) is 12.5. The summed E-state index contributed by atoms with van der Waals surface area (Å²) in [6.07, 6.45) is 4.22. The molecule has 1 aromatic rings. The van der Waals surface area contributed by atoms with E-state index in [1.165, 1.54) is 0 Å². The number of halogens is 1. The van der Waals surface area contributed by atoms with Crippen molar-refractivity contribution in [2.75, 3.05) is 12.4 Å². The van der Waals surface area contributed by atoms with Crippen LogP contribution in [0.15, 0.2) is 18.3 Å². The van der Waals surface area contributed by atoms with Crippen LogP contribution in [0.25, 0.3) is 0 Å². The van der Waals surface area contributed by atoms with Gasteiger partial charge in [0.2, 0.25) is 11.8 Å². The molecule has 1 heterocycles. The van der Waals surface area contributed by atoms with Crippen molar-refractivity contribution < 1.29 is 9.53 Å². The van der Waals surface area contributed by atoms with Crippen molar-refractivity contribution in [1.29, 1.82) is 0 Å². The minimum atomic E-state index is 0.0850. The Kier molecular flexibility index (Phi) is 6.62. The van der Waals surface area contributed by atoms with Crippen LogP contribution in [0.5, 0.6) is 5.88 Å². The molecule has 94 valence electrons. The predicted octanol–water partition coefficient (Wildman–Crippen LogP) is 2.27. The number of aromatic nitrogens is 1. The number of nitrogens with one attached hydrogen (secondary N) is 1. The van der Waals surface area contributed by atoms with Gasteiger partial charge in [0.05, 0.1) is 7.11 Å². The SMILES string of the molecule is COc1ccc(CNC(=O)CCCCBr)cn1. The predicted molar refractivity (Wildman–Crippen MR) is 70.3 cm³/mol. The number of carbonyl (C=O) groups is 1. The number of amides is 1. The number of alkyl halides is 1. The van der Waals surface area contributed by atoms with Gasteiger partial charge in [-0.2, -0.15) is 0 Å². The van der Waals surface area contributed by atoms with E-state index < -0.39 is 0 Å². The molecule has 0 aliphatic heterocycles. The fourth-order valence-corrected chi connectivity index (χ4v) is 1.70. The number of carbonyl (C=O) groups excluding carboxylic acids is 1. The number of hydrogen-bond donors (Lipinski definition) is 1. The number of rotatable bonds is 7. The van der Waals surface area contributed by atoms with Gasteiger partial charge < -0.3 is 10.1 Å². The summed E-state index contributed by atoms with van der Waals surface area (Å²) in [5.41, 5.74) is 0.972. The molecule has 4 nitrogen and oxygen atoms in total. The minimum Gasteiger partial charge on any atom is -0.481 e. The topological polar surface area (TPSA) is 51.2 Å². The average Bonchev–Trinajstić information content (AvgIpc) is 2.37. The maximum absolute atomic E-state index is 11.4. The van der Waals surface area contributed by atoms with Crippen LogP contribution in [-0.2, 0) is 11.3 Å². The highest BCUT2D eigenvalue weighted by molar-refractivity contribution is 9.09. The third-order valence-electron chi connectivity index (χ3n) is 2.28. The second-order valence-corrected chi connectivity index (χ2v) is 4.42. The lowest BCUT2D eigenvalue weighted by molar-refractivity contribution is -0.121. The molecule has 1 aromatic heterocycles. The Morgan fingerprint density at radius 3 is 2.88 bits per heavy atom. The Balaban J connectivity index is 2.27. The number of hydrogen-bond acceptors (Lipinski definition) is 3. The second kappa shape index (κ2) is 8.06. The lowest BCUT2D eigenvalue weighted by Gasteiger charge is -2.05. The summed E-state index contributed by atoms with van der Waals surface area (Å²) in [7, 11) is 1.58. The van der Waals surface area contributed by atoms with Crippen LogP contribution in [0.1, 0.15) is 24.8 Å². The first-order valence-electron chi connectivity index (χ1n) is 5.58. The zero-order valence-electron chi connectivity index (χ0n) is 9.91. The molecule has 5 heteroatoms. The molecular formula is C12H17BrN2O2. The first-order chi connectivity index (χ1) is 8.26. The Bertz CT molecular complexity index is 341. The molecule has 0 radical (unpaired) electrons. The van der Waals surface area contributed by atoms with Gasteiger partial charge >= 0.3 is 0 Å². The molecule has 0 bridgehead atoms. The van der Waals surface area contributed by atoms with E-state index in [9.17, 15) is 4.79 Å². The van der Waals surface area contributed by atoms with Crippen molar-refractivity contribution in [3.05, 3.63) is 23.9 Å². The van der Waals surface area contributed by atoms with Gasteiger partial charge in [0.15, 0.2) is 0 Å². The first-order valence-corrected chi connectivity index (χ1v) is 6.70. The summed E-state index contributed by atoms with van der Waals surface area (Å²) in [5, 5.41) is 3.81. The van der Waals surface area contributed by atoms with Crippen LogP contribution in [0.3, 0.4) is 0 Å². The van der Waals surface area contributed by atoms with Crippen LogP contribution in [0.2, 0.25) is 0 Å². The molecule has 0 saturated heterocycles. The highest BCUT2D eigenvalue weighted by atomic mass is 79.9. The molecule has 0 atom stereocenters. The van der Waals surface area contributed by atoms with Gasteiger partial charge in [-0.3, -0.25) is 4.79 Å². The fourth-order valence-electron chi connectivity index (χ4n) is 1.31. The Morgan fingerprint density at radius 2 is 2.29 bits per heavy atom. The maximum atomic E-state index is 11.4. The maximum Gasteiger partial charge on any atom is 0.220 e. The number of unbranched alkanes of at least 4 members (excludes halogenated alkanes) is 1. The monoisotopic (exact) mass is 300 g/mol. The molecule has 0 aliphatic carbocycles. The lowest BCUT2D eigenvalue weighted by Crippen LogP contribution is -2.22. The quantitative estimate of drug-likeness (QED) is 0.621. The Labute approximate surface area is 110 Å². The van der Waals surface area contributed by atoms with Crippen LogP contribution in [-0.4, -0.2) is 23.3 Å². The fraction of sp³-hybridized carbons (Fsp3) is 0.500. The molecule has 17 heavy (non-hydrogen) atoms. The minimum absolute atomic E-state index is 0.0850. The molecule has 0 aromatic carbocycles. The number of methoxy groups -OCH3 is 1. The van der Waals surface area contributed by atoms with Gasteiger partial charge in [-0.1, -0.05) is 22.0 Å². The standard InChI is InChI=1S/C12H17BrN2O2/c1-17-12-6-5-10(9-15-12)8-14-11(16)4-2-3-7-13/h5-6,9H,2-4,7-8H2,1H3,(H,14,16). The van der Waals surface area contributed by atoms with Crippen LogP contribution in [0.4, 0.5) is 0 Å². The molecule has 0 fully saturated rings. The smallest absolute Gasteiger partial charge is 0.220 e. The van der Waals surface area contributed by atoms with Gasteiger partial charge in [0.1, 0.15) is 0 Å². The van der Waals surface area contributed by atoms with Gasteiger partial charge in [-0.05, 0) is 18.4 Å². The van der Waals surface area contributed by atoms with Crippen molar-refractivity contribution >= 4 is 21.8 Å². The van der Waals surface area contributed by atoms with Crippen molar-refractivity contribution in [3.8, 4) is 5.88 Å². The van der Waals surface area contributed by atoms with Crippen molar-refractivity contribution in [2.45, 2.75) is 25.8 Å². The van der Waals surface area contributed by atoms with Crippen LogP contribution in [0, 0.1) is 0 Å². The van der Waals surface area contributed by atoms with Gasteiger partial charge in [0, 0.05) is 30.6 Å². The van der Waals surface area contributed by atoms with E-state index in [4.69, 9.17) is 4.74 Å². The average molecular weight is 301 g/mol. The second-order valence-electron chi connectivity index (χ2n) is 3.63. The molecule has 1 rings (SSSR count). The van der Waals surface area contributed by atoms with E-state index in [2.05, 4.69) is 26.2 Å². The zero-order valence-corrected chi connectivity index (χ0v) is 11.5. The van der Waals surface area contributed by atoms with E-state index in [-0.39, 0.29) is 5.91 Å². The summed E-state index contributed by atoms with van der Waals surface area (Å²) in [6.45, 7) is 0.518. The Morgan fingerprint density at radius 1 is 1.47 bits per heavy atom. The summed E-state index contributed by atoms with van der Waals surface area (Å²) in [6, 6.07) is 3.68. The van der Waals surface area contributed by atoms with E-state index in [0.717, 1.165) is 23.7 Å². The number of nitrogens with zero attached hydrogens (tertiary/aromatic N) is 1. The molecule has 0 aliphatic rings. The van der Waals surface area contributed by atoms with Gasteiger partial charge in [-0.15, -0.1) is 0 Å². The molecule has 1 N–H and O–H groups in total. The third-order valence-corrected chi connectivity index (χ3v) is 2.84. The molecule has 1 amide bonds. The summed E-state index contributed by atoms with van der Waals surface area (Å²) >= 11 is 3.34. The van der Waals surface area contributed by atoms with E-state index >= 15 is 0 Å². The van der Waals surface area contributed by atoms with Crippen LogP contribution >= 0.6 is 15.9 Å². The first kappa shape index (κ1) is 14.0. The highest BCUT2D eigenvalue weighted by Crippen LogP contribution is 2.06. The lowest BCUT2D eigenvalue weighted by atomic mass is 10.2. The van der Waals surface area contributed by atoms with Crippen molar-refractivity contribution in [2.24, 2.45) is 0 Å². The van der Waals surface area contributed by atoms with Gasteiger partial charge in [0.25, 0.3) is 0 Å². The molecule has 0 spiro atoms. The van der Waals surface area contributed by atoms with E-state index in [1.807, 2.05) is 6.07 Å². The van der Waals surface area contributed by atoms with Crippen molar-refractivity contribution in [3.63, 3.8) is 0 Å². The summed E-state index contributed by atoms with van der Waals surface area (Å²) in [4.78, 5) is 15.5. The van der Waals surface area contributed by atoms with Crippen LogP contribution < -0.4 is 10.1 Å². The molecular weight excluding hydrogens is 284 g/mol. The largest absolute Gasteiger partial charge is 0.481 e.